The van der Waals surface area contributed by atoms with E-state index in [0.29, 0.717) is 17.1 Å². The number of para-hydroxylation sites is 1. The van der Waals surface area contributed by atoms with E-state index < -0.39 is 26.9 Å². The SMILES string of the molecule is Cc1ccc([N+](=O)[O-])cc1NC(=O)[C@@H](C)N(c1ccc(Oc2ccccc2)cc1)S(C)(=O)=O. The molecule has 1 atom stereocenters. The summed E-state index contributed by atoms with van der Waals surface area (Å²) in [6.45, 7) is 3.13. The van der Waals surface area contributed by atoms with Crippen LogP contribution in [0.2, 0.25) is 0 Å². The Morgan fingerprint density at radius 2 is 1.64 bits per heavy atom. The number of hydrogen-bond donors (Lipinski definition) is 1. The Bertz CT molecular complexity index is 1260. The highest BCUT2D eigenvalue weighted by Gasteiger charge is 2.29. The maximum Gasteiger partial charge on any atom is 0.271 e. The Kier molecular flexibility index (Phi) is 6.98. The summed E-state index contributed by atoms with van der Waals surface area (Å²) < 4.78 is 31.8. The number of benzene rings is 3. The summed E-state index contributed by atoms with van der Waals surface area (Å²) in [6.07, 6.45) is 1.00. The molecule has 3 aromatic rings. The van der Waals surface area contributed by atoms with E-state index in [9.17, 15) is 23.3 Å². The standard InChI is InChI=1S/C23H23N3O6S/c1-16-9-10-19(26(28)29)15-22(16)24-23(27)17(2)25(33(3,30)31)18-11-13-21(14-12-18)32-20-7-5-4-6-8-20/h4-15,17H,1-3H3,(H,24,27)/t17-/m1/s1. The third kappa shape index (κ3) is 5.86. The first-order chi connectivity index (χ1) is 15.6. The van der Waals surface area contributed by atoms with Crippen LogP contribution in [0.25, 0.3) is 0 Å². The predicted molar refractivity (Wildman–Crippen MR) is 126 cm³/mol. The van der Waals surface area contributed by atoms with Crippen molar-refractivity contribution in [1.29, 1.82) is 0 Å². The van der Waals surface area contributed by atoms with Gasteiger partial charge in [0.25, 0.3) is 5.69 Å². The first-order valence-electron chi connectivity index (χ1n) is 9.94. The van der Waals surface area contributed by atoms with Gasteiger partial charge in [-0.3, -0.25) is 19.2 Å². The molecule has 1 N–H and O–H groups in total. The minimum atomic E-state index is -3.83. The van der Waals surface area contributed by atoms with Crippen molar-refractivity contribution >= 4 is 33.0 Å². The molecule has 10 heteroatoms. The maximum absolute atomic E-state index is 12.9. The summed E-state index contributed by atoms with van der Waals surface area (Å²) in [7, 11) is -3.83. The van der Waals surface area contributed by atoms with Crippen LogP contribution in [-0.2, 0) is 14.8 Å². The molecule has 0 bridgehead atoms. The lowest BCUT2D eigenvalue weighted by atomic mass is 10.1. The van der Waals surface area contributed by atoms with Crippen LogP contribution in [0.5, 0.6) is 11.5 Å². The third-order valence-corrected chi connectivity index (χ3v) is 6.09. The van der Waals surface area contributed by atoms with E-state index >= 15 is 0 Å². The Balaban J connectivity index is 1.83. The largest absolute Gasteiger partial charge is 0.457 e. The number of hydrogen-bond acceptors (Lipinski definition) is 6. The fourth-order valence-electron chi connectivity index (χ4n) is 3.19. The van der Waals surface area contributed by atoms with Gasteiger partial charge >= 0.3 is 0 Å². The summed E-state index contributed by atoms with van der Waals surface area (Å²) in [5.41, 5.74) is 0.935. The maximum atomic E-state index is 12.9. The van der Waals surface area contributed by atoms with Crippen LogP contribution in [0.1, 0.15) is 12.5 Å². The van der Waals surface area contributed by atoms with Gasteiger partial charge in [-0.25, -0.2) is 8.42 Å². The van der Waals surface area contributed by atoms with E-state index in [1.165, 1.54) is 25.1 Å². The number of rotatable bonds is 8. The van der Waals surface area contributed by atoms with Crippen LogP contribution in [0.3, 0.4) is 0 Å². The average molecular weight is 470 g/mol. The van der Waals surface area contributed by atoms with Crippen molar-refractivity contribution in [2.75, 3.05) is 15.9 Å². The van der Waals surface area contributed by atoms with Crippen LogP contribution in [0.4, 0.5) is 17.1 Å². The quantitative estimate of drug-likeness (QED) is 0.384. The normalized spacial score (nSPS) is 12.0. The molecule has 0 radical (unpaired) electrons. The number of amides is 1. The molecule has 0 heterocycles. The summed E-state index contributed by atoms with van der Waals surface area (Å²) in [6, 6.07) is 18.4. The van der Waals surface area contributed by atoms with Crippen LogP contribution in [0.15, 0.2) is 72.8 Å². The Labute approximate surface area is 191 Å². The topological polar surface area (TPSA) is 119 Å². The smallest absolute Gasteiger partial charge is 0.271 e. The second-order valence-electron chi connectivity index (χ2n) is 7.39. The zero-order chi connectivity index (χ0) is 24.2. The number of aryl methyl sites for hydroxylation is 1. The molecule has 0 spiro atoms. The molecule has 3 aromatic carbocycles. The summed E-state index contributed by atoms with van der Waals surface area (Å²) in [4.78, 5) is 23.4. The van der Waals surface area contributed by atoms with E-state index in [2.05, 4.69) is 5.32 Å². The summed E-state index contributed by atoms with van der Waals surface area (Å²) in [5, 5.41) is 13.6. The number of ether oxygens (including phenoxy) is 1. The van der Waals surface area contributed by atoms with Gasteiger partial charge in [-0.1, -0.05) is 24.3 Å². The number of nitro benzene ring substituents is 1. The van der Waals surface area contributed by atoms with Gasteiger partial charge in [0, 0.05) is 12.1 Å². The van der Waals surface area contributed by atoms with Crippen LogP contribution >= 0.6 is 0 Å². The van der Waals surface area contributed by atoms with Crippen molar-refractivity contribution in [3.05, 3.63) is 88.5 Å². The van der Waals surface area contributed by atoms with Crippen molar-refractivity contribution in [3.63, 3.8) is 0 Å². The summed E-state index contributed by atoms with van der Waals surface area (Å²) >= 11 is 0. The minimum Gasteiger partial charge on any atom is -0.457 e. The molecule has 0 aromatic heterocycles. The molecule has 0 saturated carbocycles. The molecular weight excluding hydrogens is 446 g/mol. The highest BCUT2D eigenvalue weighted by atomic mass is 32.2. The second kappa shape index (κ2) is 9.70. The van der Waals surface area contributed by atoms with E-state index in [-0.39, 0.29) is 17.1 Å². The van der Waals surface area contributed by atoms with Crippen molar-refractivity contribution in [1.82, 2.24) is 0 Å². The summed E-state index contributed by atoms with van der Waals surface area (Å²) in [5.74, 6) is 0.502. The van der Waals surface area contributed by atoms with Crippen molar-refractivity contribution < 1.29 is 22.9 Å². The Hall–Kier alpha value is -3.92. The molecule has 9 nitrogen and oxygen atoms in total. The van der Waals surface area contributed by atoms with E-state index in [0.717, 1.165) is 10.6 Å². The number of non-ortho nitro benzene ring substituents is 1. The molecule has 0 saturated heterocycles. The predicted octanol–water partition coefficient (Wildman–Crippen LogP) is 4.49. The number of nitrogens with zero attached hydrogens (tertiary/aromatic N) is 2. The number of carbonyl (C=O) groups is 1. The van der Waals surface area contributed by atoms with Gasteiger partial charge in [0.2, 0.25) is 15.9 Å². The Morgan fingerprint density at radius 3 is 2.21 bits per heavy atom. The van der Waals surface area contributed by atoms with Gasteiger partial charge in [0.1, 0.15) is 17.5 Å². The Morgan fingerprint density at radius 1 is 1.03 bits per heavy atom. The highest BCUT2D eigenvalue weighted by molar-refractivity contribution is 7.92. The molecule has 0 aliphatic rings. The first-order valence-corrected chi connectivity index (χ1v) is 11.8. The molecule has 0 aliphatic heterocycles. The lowest BCUT2D eigenvalue weighted by Gasteiger charge is -2.28. The van der Waals surface area contributed by atoms with Gasteiger partial charge < -0.3 is 10.1 Å². The van der Waals surface area contributed by atoms with E-state index in [1.807, 2.05) is 18.2 Å². The van der Waals surface area contributed by atoms with E-state index in [1.54, 1.807) is 43.3 Å². The molecule has 3 rings (SSSR count). The molecule has 33 heavy (non-hydrogen) atoms. The number of sulfonamides is 1. The van der Waals surface area contributed by atoms with Crippen molar-refractivity contribution in [2.24, 2.45) is 0 Å². The molecular formula is C23H23N3O6S. The zero-order valence-corrected chi connectivity index (χ0v) is 19.1. The van der Waals surface area contributed by atoms with Gasteiger partial charge in [-0.2, -0.15) is 0 Å². The lowest BCUT2D eigenvalue weighted by Crippen LogP contribution is -2.45. The first kappa shape index (κ1) is 23.7. The third-order valence-electron chi connectivity index (χ3n) is 4.85. The fourth-order valence-corrected chi connectivity index (χ4v) is 4.36. The number of nitrogens with one attached hydrogen (secondary N) is 1. The number of nitro groups is 1. The van der Waals surface area contributed by atoms with Gasteiger partial charge in [-0.15, -0.1) is 0 Å². The van der Waals surface area contributed by atoms with Gasteiger partial charge in [0.15, 0.2) is 0 Å². The second-order valence-corrected chi connectivity index (χ2v) is 9.25. The molecule has 1 amide bonds. The monoisotopic (exact) mass is 469 g/mol. The van der Waals surface area contributed by atoms with Crippen LogP contribution in [0, 0.1) is 17.0 Å². The van der Waals surface area contributed by atoms with Crippen molar-refractivity contribution in [3.8, 4) is 11.5 Å². The van der Waals surface area contributed by atoms with Crippen molar-refractivity contribution in [2.45, 2.75) is 19.9 Å². The number of anilines is 2. The van der Waals surface area contributed by atoms with Crippen LogP contribution in [-0.4, -0.2) is 31.5 Å². The minimum absolute atomic E-state index is 0.183. The zero-order valence-electron chi connectivity index (χ0n) is 18.3. The molecule has 172 valence electrons. The lowest BCUT2D eigenvalue weighted by molar-refractivity contribution is -0.384. The van der Waals surface area contributed by atoms with E-state index in [4.69, 9.17) is 4.74 Å². The number of carbonyl (C=O) groups excluding carboxylic acids is 1. The van der Waals surface area contributed by atoms with Crippen LogP contribution < -0.4 is 14.4 Å². The molecule has 0 unspecified atom stereocenters. The molecule has 0 aliphatic carbocycles. The molecule has 0 fully saturated rings. The van der Waals surface area contributed by atoms with Gasteiger partial charge in [-0.05, 0) is 55.8 Å². The van der Waals surface area contributed by atoms with Gasteiger partial charge in [0.05, 0.1) is 22.6 Å². The average Bonchev–Trinajstić information content (AvgIpc) is 2.76. The fraction of sp³-hybridized carbons (Fsp3) is 0.174. The highest BCUT2D eigenvalue weighted by Crippen LogP contribution is 2.28.